The molecule has 5 heteroatoms. The first-order chi connectivity index (χ1) is 14.2. The maximum atomic E-state index is 12.1. The Balaban J connectivity index is 1.29. The van der Waals surface area contributed by atoms with Gasteiger partial charge in [0.15, 0.2) is 0 Å². The Morgan fingerprint density at radius 1 is 1.07 bits per heavy atom. The van der Waals surface area contributed by atoms with Gasteiger partial charge in [-0.25, -0.2) is 9.78 Å². The monoisotopic (exact) mass is 446 g/mol. The van der Waals surface area contributed by atoms with Crippen LogP contribution in [0.3, 0.4) is 0 Å². The van der Waals surface area contributed by atoms with Crippen LogP contribution in [0.1, 0.15) is 29.0 Å². The smallest absolute Gasteiger partial charge is 0.407 e. The molecule has 4 rings (SSSR count). The van der Waals surface area contributed by atoms with E-state index in [0.29, 0.717) is 19.6 Å². The topological polar surface area (TPSA) is 51.2 Å². The lowest BCUT2D eigenvalue weighted by atomic mass is 9.98. The van der Waals surface area contributed by atoms with Gasteiger partial charge in [-0.3, -0.25) is 0 Å². The van der Waals surface area contributed by atoms with Crippen molar-refractivity contribution in [3.8, 4) is 23.0 Å². The van der Waals surface area contributed by atoms with Crippen LogP contribution in [0, 0.1) is 11.8 Å². The summed E-state index contributed by atoms with van der Waals surface area (Å²) in [4.78, 5) is 16.2. The van der Waals surface area contributed by atoms with Crippen LogP contribution < -0.4 is 5.32 Å². The molecule has 0 spiro atoms. The number of rotatable bonds is 4. The summed E-state index contributed by atoms with van der Waals surface area (Å²) >= 11 is 3.32. The van der Waals surface area contributed by atoms with Gasteiger partial charge in [0, 0.05) is 30.6 Å². The van der Waals surface area contributed by atoms with E-state index in [2.05, 4.69) is 62.3 Å². The number of amides is 1. The van der Waals surface area contributed by atoms with Crippen molar-refractivity contribution in [3.63, 3.8) is 0 Å². The second-order valence-electron chi connectivity index (χ2n) is 6.67. The Hall–Kier alpha value is -3.10. The SMILES string of the molecule is O=C(NCCC#Cc1ccnc(Br)c1)OCC1c2ccccc2-c2ccccc21. The lowest BCUT2D eigenvalue weighted by Gasteiger charge is -2.14. The minimum atomic E-state index is -0.416. The molecule has 144 valence electrons. The van der Waals surface area contributed by atoms with Crippen LogP contribution in [0.5, 0.6) is 0 Å². The lowest BCUT2D eigenvalue weighted by Crippen LogP contribution is -2.26. The molecule has 0 unspecified atom stereocenters. The molecule has 0 aliphatic heterocycles. The molecule has 3 aromatic rings. The van der Waals surface area contributed by atoms with Crippen molar-refractivity contribution >= 4 is 22.0 Å². The molecule has 1 aromatic heterocycles. The molecule has 29 heavy (non-hydrogen) atoms. The van der Waals surface area contributed by atoms with E-state index in [9.17, 15) is 4.79 Å². The maximum Gasteiger partial charge on any atom is 0.407 e. The minimum absolute atomic E-state index is 0.0677. The number of hydrogen-bond donors (Lipinski definition) is 1. The summed E-state index contributed by atoms with van der Waals surface area (Å²) in [7, 11) is 0. The molecule has 0 bridgehead atoms. The summed E-state index contributed by atoms with van der Waals surface area (Å²) in [6, 6.07) is 20.3. The molecule has 0 saturated carbocycles. The molecule has 1 heterocycles. The van der Waals surface area contributed by atoms with Crippen molar-refractivity contribution in [3.05, 3.63) is 88.2 Å². The number of nitrogens with zero attached hydrogens (tertiary/aromatic N) is 1. The molecule has 0 radical (unpaired) electrons. The van der Waals surface area contributed by atoms with Crippen molar-refractivity contribution < 1.29 is 9.53 Å². The van der Waals surface area contributed by atoms with E-state index < -0.39 is 6.09 Å². The highest BCUT2D eigenvalue weighted by Gasteiger charge is 2.28. The van der Waals surface area contributed by atoms with Gasteiger partial charge < -0.3 is 10.1 Å². The highest BCUT2D eigenvalue weighted by Crippen LogP contribution is 2.44. The Morgan fingerprint density at radius 3 is 2.45 bits per heavy atom. The van der Waals surface area contributed by atoms with Gasteiger partial charge in [-0.15, -0.1) is 0 Å². The fourth-order valence-electron chi connectivity index (χ4n) is 3.52. The van der Waals surface area contributed by atoms with E-state index in [0.717, 1.165) is 10.2 Å². The Bertz CT molecular complexity index is 1060. The van der Waals surface area contributed by atoms with Gasteiger partial charge in [0.2, 0.25) is 0 Å². The van der Waals surface area contributed by atoms with E-state index in [1.807, 2.05) is 36.4 Å². The van der Waals surface area contributed by atoms with Crippen molar-refractivity contribution in [1.82, 2.24) is 10.3 Å². The summed E-state index contributed by atoms with van der Waals surface area (Å²) in [6.07, 6.45) is 1.83. The quantitative estimate of drug-likeness (QED) is 0.343. The fraction of sp³-hybridized carbons (Fsp3) is 0.167. The second kappa shape index (κ2) is 8.93. The Labute approximate surface area is 178 Å². The zero-order valence-corrected chi connectivity index (χ0v) is 17.3. The molecule has 4 nitrogen and oxygen atoms in total. The number of carbonyl (C=O) groups excluding carboxylic acids is 1. The van der Waals surface area contributed by atoms with E-state index in [4.69, 9.17) is 4.74 Å². The predicted octanol–water partition coefficient (Wildman–Crippen LogP) is 5.12. The number of benzene rings is 2. The van der Waals surface area contributed by atoms with Crippen LogP contribution >= 0.6 is 15.9 Å². The van der Waals surface area contributed by atoms with Gasteiger partial charge in [0.25, 0.3) is 0 Å². The lowest BCUT2D eigenvalue weighted by molar-refractivity contribution is 0.143. The van der Waals surface area contributed by atoms with Crippen molar-refractivity contribution in [2.45, 2.75) is 12.3 Å². The third-order valence-electron chi connectivity index (χ3n) is 4.82. The fourth-order valence-corrected chi connectivity index (χ4v) is 3.89. The summed E-state index contributed by atoms with van der Waals surface area (Å²) in [5.41, 5.74) is 5.73. The molecule has 0 saturated heterocycles. The maximum absolute atomic E-state index is 12.1. The van der Waals surface area contributed by atoms with Crippen molar-refractivity contribution in [2.75, 3.05) is 13.2 Å². The molecule has 1 aliphatic rings. The molecule has 2 aromatic carbocycles. The Morgan fingerprint density at radius 2 is 1.76 bits per heavy atom. The number of aromatic nitrogens is 1. The normalized spacial score (nSPS) is 11.8. The molecule has 1 aliphatic carbocycles. The van der Waals surface area contributed by atoms with E-state index in [-0.39, 0.29) is 5.92 Å². The van der Waals surface area contributed by atoms with Crippen LogP contribution in [0.2, 0.25) is 0 Å². The average Bonchev–Trinajstić information content (AvgIpc) is 3.06. The first-order valence-corrected chi connectivity index (χ1v) is 10.2. The third-order valence-corrected chi connectivity index (χ3v) is 5.26. The third kappa shape index (κ3) is 4.49. The van der Waals surface area contributed by atoms with Crippen LogP contribution in [-0.2, 0) is 4.74 Å². The number of pyridine rings is 1. The van der Waals surface area contributed by atoms with Gasteiger partial charge in [-0.1, -0.05) is 60.4 Å². The standard InChI is InChI=1S/C24H19BrN2O2/c25-23-15-17(12-14-26-23)7-5-6-13-27-24(28)29-16-22-20-10-3-1-8-18(20)19-9-2-4-11-21(19)22/h1-4,8-12,14-15,22H,6,13,16H2,(H,27,28). The van der Waals surface area contributed by atoms with E-state index >= 15 is 0 Å². The van der Waals surface area contributed by atoms with Crippen molar-refractivity contribution in [2.24, 2.45) is 0 Å². The van der Waals surface area contributed by atoms with Gasteiger partial charge in [-0.2, -0.15) is 0 Å². The molecule has 0 fully saturated rings. The molecular formula is C24H19BrN2O2. The van der Waals surface area contributed by atoms with Crippen LogP contribution in [0.4, 0.5) is 4.79 Å². The number of halogens is 1. The minimum Gasteiger partial charge on any atom is -0.449 e. The van der Waals surface area contributed by atoms with E-state index in [1.54, 1.807) is 6.20 Å². The van der Waals surface area contributed by atoms with Crippen LogP contribution in [-0.4, -0.2) is 24.2 Å². The summed E-state index contributed by atoms with van der Waals surface area (Å²) in [6.45, 7) is 0.756. The zero-order valence-electron chi connectivity index (χ0n) is 15.7. The van der Waals surface area contributed by atoms with Crippen molar-refractivity contribution in [1.29, 1.82) is 0 Å². The number of alkyl carbamates (subject to hydrolysis) is 1. The first-order valence-electron chi connectivity index (χ1n) is 9.41. The van der Waals surface area contributed by atoms with Gasteiger partial charge in [0.05, 0.1) is 0 Å². The Kier molecular flexibility index (Phi) is 5.92. The van der Waals surface area contributed by atoms with Gasteiger partial charge in [0.1, 0.15) is 11.2 Å². The average molecular weight is 447 g/mol. The molecule has 1 amide bonds. The largest absolute Gasteiger partial charge is 0.449 e. The van der Waals surface area contributed by atoms with E-state index in [1.165, 1.54) is 22.3 Å². The molecule has 0 atom stereocenters. The van der Waals surface area contributed by atoms with Gasteiger partial charge >= 0.3 is 6.09 Å². The zero-order chi connectivity index (χ0) is 20.1. The second-order valence-corrected chi connectivity index (χ2v) is 7.48. The summed E-state index contributed by atoms with van der Waals surface area (Å²) < 4.78 is 6.26. The molecular weight excluding hydrogens is 428 g/mol. The van der Waals surface area contributed by atoms with Crippen LogP contribution in [0.15, 0.2) is 71.5 Å². The molecule has 1 N–H and O–H groups in total. The van der Waals surface area contributed by atoms with Crippen LogP contribution in [0.25, 0.3) is 11.1 Å². The predicted molar refractivity (Wildman–Crippen MR) is 117 cm³/mol. The van der Waals surface area contributed by atoms with Gasteiger partial charge in [-0.05, 0) is 50.3 Å². The number of hydrogen-bond acceptors (Lipinski definition) is 3. The number of nitrogens with one attached hydrogen (secondary N) is 1. The first kappa shape index (κ1) is 19.2. The number of fused-ring (bicyclic) bond motifs is 3. The highest BCUT2D eigenvalue weighted by atomic mass is 79.9. The number of ether oxygens (including phenoxy) is 1. The summed E-state index contributed by atoms with van der Waals surface area (Å²) in [5, 5.41) is 2.77. The summed E-state index contributed by atoms with van der Waals surface area (Å²) in [5.74, 6) is 6.15. The highest BCUT2D eigenvalue weighted by molar-refractivity contribution is 9.10. The number of carbonyl (C=O) groups is 1.